The van der Waals surface area contributed by atoms with Gasteiger partial charge in [0.05, 0.1) is 15.6 Å². The van der Waals surface area contributed by atoms with Crippen molar-refractivity contribution in [3.8, 4) is 0 Å². The van der Waals surface area contributed by atoms with Gasteiger partial charge in [0.15, 0.2) is 0 Å². The zero-order chi connectivity index (χ0) is 33.4. The van der Waals surface area contributed by atoms with Crippen LogP contribution < -0.4 is 9.62 Å². The fourth-order valence-electron chi connectivity index (χ4n) is 5.03. The van der Waals surface area contributed by atoms with Crippen LogP contribution in [0.5, 0.6) is 0 Å². The average molecular weight is 681 g/mol. The molecule has 10 heteroatoms. The van der Waals surface area contributed by atoms with E-state index in [-0.39, 0.29) is 45.5 Å². The van der Waals surface area contributed by atoms with Crippen LogP contribution in [0.2, 0.25) is 10.0 Å². The maximum Gasteiger partial charge on any atom is 0.264 e. The summed E-state index contributed by atoms with van der Waals surface area (Å²) in [6, 6.07) is 26.8. The van der Waals surface area contributed by atoms with E-state index in [1.165, 1.54) is 29.2 Å². The predicted molar refractivity (Wildman–Crippen MR) is 186 cm³/mol. The van der Waals surface area contributed by atoms with E-state index < -0.39 is 28.5 Å². The number of sulfonamides is 1. The van der Waals surface area contributed by atoms with E-state index in [1.54, 1.807) is 18.2 Å². The third-order valence-corrected chi connectivity index (χ3v) is 10.1. The standard InChI is InChI=1S/C36H39Cl2N3O4S/c1-5-27(4)39-36(43)34(21-28-11-7-6-8-12-28)40(23-29-13-9-10-26(3)20-29)35(42)24-41(33-22-30(37)16-19-32(33)38)46(44,45)31-17-14-25(2)15-18-31/h6-20,22,27,34H,5,21,23-24H2,1-4H3,(H,39,43)/t27-,34-/m1/s1. The molecule has 0 saturated heterocycles. The lowest BCUT2D eigenvalue weighted by Crippen LogP contribution is -2.54. The summed E-state index contributed by atoms with van der Waals surface area (Å²) in [5.74, 6) is -0.901. The minimum absolute atomic E-state index is 0.0116. The van der Waals surface area contributed by atoms with Crippen molar-refractivity contribution < 1.29 is 18.0 Å². The topological polar surface area (TPSA) is 86.8 Å². The normalized spacial score (nSPS) is 12.7. The molecule has 0 saturated carbocycles. The van der Waals surface area contributed by atoms with E-state index in [9.17, 15) is 18.0 Å². The largest absolute Gasteiger partial charge is 0.352 e. The molecular weight excluding hydrogens is 641 g/mol. The molecule has 0 aliphatic heterocycles. The van der Waals surface area contributed by atoms with Gasteiger partial charge in [-0.15, -0.1) is 0 Å². The second-order valence-electron chi connectivity index (χ2n) is 11.5. The number of aryl methyl sites for hydroxylation is 2. The van der Waals surface area contributed by atoms with Crippen molar-refractivity contribution in [3.63, 3.8) is 0 Å². The Morgan fingerprint density at radius 2 is 1.50 bits per heavy atom. The Hall–Kier alpha value is -3.85. The molecule has 0 heterocycles. The Kier molecular flexibility index (Phi) is 11.9. The van der Waals surface area contributed by atoms with Crippen molar-refractivity contribution in [2.75, 3.05) is 10.8 Å². The second kappa shape index (κ2) is 15.6. The summed E-state index contributed by atoms with van der Waals surface area (Å²) >= 11 is 12.9. The minimum atomic E-state index is -4.30. The van der Waals surface area contributed by atoms with Gasteiger partial charge in [-0.1, -0.05) is 108 Å². The summed E-state index contributed by atoms with van der Waals surface area (Å²) in [7, 11) is -4.30. The van der Waals surface area contributed by atoms with Crippen molar-refractivity contribution in [2.24, 2.45) is 0 Å². The molecule has 0 aliphatic carbocycles. The molecule has 2 amide bonds. The van der Waals surface area contributed by atoms with Crippen LogP contribution in [0, 0.1) is 13.8 Å². The van der Waals surface area contributed by atoms with E-state index in [1.807, 2.05) is 82.3 Å². The average Bonchev–Trinajstić information content (AvgIpc) is 3.03. The predicted octanol–water partition coefficient (Wildman–Crippen LogP) is 7.36. The van der Waals surface area contributed by atoms with Crippen LogP contribution in [0.3, 0.4) is 0 Å². The van der Waals surface area contributed by atoms with Gasteiger partial charge in [-0.25, -0.2) is 8.42 Å². The van der Waals surface area contributed by atoms with E-state index in [0.29, 0.717) is 6.42 Å². The van der Waals surface area contributed by atoms with E-state index in [2.05, 4.69) is 5.32 Å². The Balaban J connectivity index is 1.84. The summed E-state index contributed by atoms with van der Waals surface area (Å²) in [6.07, 6.45) is 0.925. The Bertz CT molecular complexity index is 1770. The highest BCUT2D eigenvalue weighted by molar-refractivity contribution is 7.92. The molecule has 1 N–H and O–H groups in total. The van der Waals surface area contributed by atoms with E-state index >= 15 is 0 Å². The Morgan fingerprint density at radius 3 is 2.15 bits per heavy atom. The first-order chi connectivity index (χ1) is 21.9. The maximum atomic E-state index is 14.6. The van der Waals surface area contributed by atoms with Gasteiger partial charge in [0.1, 0.15) is 12.6 Å². The number of benzene rings is 4. The number of halogens is 2. The first-order valence-corrected chi connectivity index (χ1v) is 17.3. The van der Waals surface area contributed by atoms with Crippen LogP contribution in [-0.2, 0) is 32.6 Å². The van der Waals surface area contributed by atoms with Crippen molar-refractivity contribution in [1.29, 1.82) is 0 Å². The van der Waals surface area contributed by atoms with Gasteiger partial charge in [0.25, 0.3) is 10.0 Å². The molecule has 2 atom stereocenters. The molecule has 46 heavy (non-hydrogen) atoms. The van der Waals surface area contributed by atoms with Gasteiger partial charge in [0, 0.05) is 24.0 Å². The number of hydrogen-bond donors (Lipinski definition) is 1. The highest BCUT2D eigenvalue weighted by atomic mass is 35.5. The minimum Gasteiger partial charge on any atom is -0.352 e. The van der Waals surface area contributed by atoms with Gasteiger partial charge >= 0.3 is 0 Å². The summed E-state index contributed by atoms with van der Waals surface area (Å²) in [5.41, 5.74) is 3.58. The molecule has 4 rings (SSSR count). The number of amides is 2. The molecule has 0 fully saturated rings. The SMILES string of the molecule is CC[C@@H](C)NC(=O)[C@@H](Cc1ccccc1)N(Cc1cccc(C)c1)C(=O)CN(c1cc(Cl)ccc1Cl)S(=O)(=O)c1ccc(C)cc1. The van der Waals surface area contributed by atoms with Crippen LogP contribution in [-0.4, -0.2) is 43.8 Å². The monoisotopic (exact) mass is 679 g/mol. The van der Waals surface area contributed by atoms with Crippen molar-refractivity contribution in [1.82, 2.24) is 10.2 Å². The number of carbonyl (C=O) groups excluding carboxylic acids is 2. The van der Waals surface area contributed by atoms with Crippen LogP contribution >= 0.6 is 23.2 Å². The molecule has 0 bridgehead atoms. The molecule has 0 radical (unpaired) electrons. The summed E-state index contributed by atoms with van der Waals surface area (Å²) in [6.45, 7) is 7.13. The third-order valence-electron chi connectivity index (χ3n) is 7.77. The van der Waals surface area contributed by atoms with Crippen molar-refractivity contribution >= 4 is 50.7 Å². The first-order valence-electron chi connectivity index (χ1n) is 15.1. The maximum absolute atomic E-state index is 14.6. The fourth-order valence-corrected chi connectivity index (χ4v) is 6.89. The lowest BCUT2D eigenvalue weighted by molar-refractivity contribution is -0.140. The third kappa shape index (κ3) is 8.90. The highest BCUT2D eigenvalue weighted by Crippen LogP contribution is 2.33. The van der Waals surface area contributed by atoms with Crippen LogP contribution in [0.15, 0.2) is 102 Å². The summed E-state index contributed by atoms with van der Waals surface area (Å²) in [4.78, 5) is 30.0. The van der Waals surface area contributed by atoms with Gasteiger partial charge in [-0.05, 0) is 68.7 Å². The smallest absolute Gasteiger partial charge is 0.264 e. The van der Waals surface area contributed by atoms with Crippen LogP contribution in [0.25, 0.3) is 0 Å². The van der Waals surface area contributed by atoms with Crippen molar-refractivity contribution in [3.05, 3.63) is 129 Å². The van der Waals surface area contributed by atoms with E-state index in [0.717, 1.165) is 26.6 Å². The number of hydrogen-bond acceptors (Lipinski definition) is 4. The molecule has 7 nitrogen and oxygen atoms in total. The zero-order valence-electron chi connectivity index (χ0n) is 26.4. The van der Waals surface area contributed by atoms with E-state index in [4.69, 9.17) is 23.2 Å². The lowest BCUT2D eigenvalue weighted by atomic mass is 10.0. The number of carbonyl (C=O) groups is 2. The zero-order valence-corrected chi connectivity index (χ0v) is 28.7. The second-order valence-corrected chi connectivity index (χ2v) is 14.2. The molecular formula is C36H39Cl2N3O4S. The number of nitrogens with zero attached hydrogens (tertiary/aromatic N) is 2. The fraction of sp³-hybridized carbons (Fsp3) is 0.278. The van der Waals surface area contributed by atoms with Crippen LogP contribution in [0.1, 0.15) is 42.5 Å². The molecule has 242 valence electrons. The number of nitrogens with one attached hydrogen (secondary N) is 1. The molecule has 0 unspecified atom stereocenters. The molecule has 0 spiro atoms. The molecule has 0 aromatic heterocycles. The molecule has 4 aromatic rings. The lowest BCUT2D eigenvalue weighted by Gasteiger charge is -2.34. The number of anilines is 1. The van der Waals surface area contributed by atoms with Crippen molar-refractivity contribution in [2.45, 2.75) is 64.1 Å². The summed E-state index contributed by atoms with van der Waals surface area (Å²) < 4.78 is 29.4. The quantitative estimate of drug-likeness (QED) is 0.160. The van der Waals surface area contributed by atoms with Crippen LogP contribution in [0.4, 0.5) is 5.69 Å². The number of rotatable bonds is 13. The molecule has 0 aliphatic rings. The van der Waals surface area contributed by atoms with Gasteiger partial charge in [-0.3, -0.25) is 13.9 Å². The Labute approximate surface area is 282 Å². The first kappa shape index (κ1) is 35.0. The van der Waals surface area contributed by atoms with Gasteiger partial charge < -0.3 is 10.2 Å². The molecule has 4 aromatic carbocycles. The van der Waals surface area contributed by atoms with Gasteiger partial charge in [0.2, 0.25) is 11.8 Å². The Morgan fingerprint density at radius 1 is 0.826 bits per heavy atom. The summed E-state index contributed by atoms with van der Waals surface area (Å²) in [5, 5.41) is 3.40. The highest BCUT2D eigenvalue weighted by Gasteiger charge is 2.35. The van der Waals surface area contributed by atoms with Gasteiger partial charge in [-0.2, -0.15) is 0 Å².